The Balaban J connectivity index is 1.36. The van der Waals surface area contributed by atoms with Crippen LogP contribution in [0.3, 0.4) is 0 Å². The number of anilines is 1. The van der Waals surface area contributed by atoms with Gasteiger partial charge in [-0.25, -0.2) is 9.78 Å². The molecule has 0 radical (unpaired) electrons. The minimum atomic E-state index is -1.06. The Hall–Kier alpha value is -2.31. The van der Waals surface area contributed by atoms with E-state index < -0.39 is 17.9 Å². The number of nitrogens with one attached hydrogen (secondary N) is 2. The Morgan fingerprint density at radius 1 is 1.06 bits per heavy atom. The van der Waals surface area contributed by atoms with E-state index in [1.807, 2.05) is 0 Å². The molecule has 0 bridgehead atoms. The summed E-state index contributed by atoms with van der Waals surface area (Å²) in [6.07, 6.45) is 8.32. The number of carbonyl (C=O) groups is 2. The standard InChI is InChI=1S/C24H29Cl2N3O3/c25-18-10-6-11-19(26)21(18)23(30)29-20(24(31)32)12-5-3-1-2-4-9-17-14-13-16-8-7-15-27-22(16)28-17/h6,10-11,13-14,20H,1-5,7-9,12,15H2,(H,27,28)(H,29,30)(H,31,32). The molecule has 3 rings (SSSR count). The largest absolute Gasteiger partial charge is 0.480 e. The van der Waals surface area contributed by atoms with Gasteiger partial charge in [0.25, 0.3) is 5.91 Å². The second kappa shape index (κ2) is 12.1. The first-order chi connectivity index (χ1) is 15.5. The zero-order valence-electron chi connectivity index (χ0n) is 18.0. The molecule has 1 aromatic carbocycles. The average Bonchev–Trinajstić information content (AvgIpc) is 2.77. The van der Waals surface area contributed by atoms with E-state index in [0.717, 1.165) is 63.0 Å². The maximum absolute atomic E-state index is 12.4. The Morgan fingerprint density at radius 2 is 1.78 bits per heavy atom. The maximum atomic E-state index is 12.4. The summed E-state index contributed by atoms with van der Waals surface area (Å²) < 4.78 is 0. The Kier molecular flexibility index (Phi) is 9.18. The molecule has 32 heavy (non-hydrogen) atoms. The summed E-state index contributed by atoms with van der Waals surface area (Å²) in [6, 6.07) is 8.07. The van der Waals surface area contributed by atoms with Gasteiger partial charge in [-0.3, -0.25) is 4.79 Å². The number of aliphatic carboxylic acids is 1. The van der Waals surface area contributed by atoms with E-state index in [1.165, 1.54) is 5.56 Å². The van der Waals surface area contributed by atoms with Crippen molar-refractivity contribution in [1.82, 2.24) is 10.3 Å². The highest BCUT2D eigenvalue weighted by Crippen LogP contribution is 2.24. The first-order valence-corrected chi connectivity index (χ1v) is 11.9. The van der Waals surface area contributed by atoms with Gasteiger partial charge in [-0.05, 0) is 55.9 Å². The lowest BCUT2D eigenvalue weighted by Crippen LogP contribution is -2.41. The number of nitrogens with zero attached hydrogens (tertiary/aromatic N) is 1. The molecule has 0 saturated carbocycles. The van der Waals surface area contributed by atoms with E-state index in [1.54, 1.807) is 18.2 Å². The van der Waals surface area contributed by atoms with Crippen LogP contribution >= 0.6 is 23.2 Å². The molecule has 172 valence electrons. The van der Waals surface area contributed by atoms with Crippen molar-refractivity contribution in [3.8, 4) is 0 Å². The lowest BCUT2D eigenvalue weighted by molar-refractivity contribution is -0.139. The fourth-order valence-corrected chi connectivity index (χ4v) is 4.46. The molecule has 1 aromatic heterocycles. The molecule has 1 aliphatic heterocycles. The highest BCUT2D eigenvalue weighted by Gasteiger charge is 2.23. The summed E-state index contributed by atoms with van der Waals surface area (Å²) in [7, 11) is 0. The highest BCUT2D eigenvalue weighted by molar-refractivity contribution is 6.39. The number of unbranched alkanes of at least 4 members (excludes halogenated alkanes) is 4. The topological polar surface area (TPSA) is 91.3 Å². The van der Waals surface area contributed by atoms with Crippen molar-refractivity contribution in [2.45, 2.75) is 63.8 Å². The van der Waals surface area contributed by atoms with E-state index in [2.05, 4.69) is 22.8 Å². The van der Waals surface area contributed by atoms with Crippen LogP contribution in [0, 0.1) is 0 Å². The van der Waals surface area contributed by atoms with Gasteiger partial charge in [-0.1, -0.05) is 61.0 Å². The van der Waals surface area contributed by atoms with Crippen LogP contribution in [0.2, 0.25) is 10.0 Å². The molecule has 1 aliphatic rings. The van der Waals surface area contributed by atoms with E-state index in [-0.39, 0.29) is 15.6 Å². The van der Waals surface area contributed by atoms with Gasteiger partial charge in [0.1, 0.15) is 11.9 Å². The molecule has 0 saturated heterocycles. The van der Waals surface area contributed by atoms with Crippen LogP contribution in [0.25, 0.3) is 0 Å². The van der Waals surface area contributed by atoms with Crippen molar-refractivity contribution in [3.63, 3.8) is 0 Å². The molecule has 8 heteroatoms. The summed E-state index contributed by atoms with van der Waals surface area (Å²) in [6.45, 7) is 0.993. The van der Waals surface area contributed by atoms with Gasteiger partial charge < -0.3 is 15.7 Å². The molecule has 0 spiro atoms. The quantitative estimate of drug-likeness (QED) is 0.371. The molecule has 0 aliphatic carbocycles. The van der Waals surface area contributed by atoms with Crippen LogP contribution in [0.1, 0.15) is 66.6 Å². The number of hydrogen-bond acceptors (Lipinski definition) is 4. The molecule has 2 heterocycles. The number of carboxylic acids is 1. The molecule has 3 N–H and O–H groups in total. The molecule has 6 nitrogen and oxygen atoms in total. The zero-order valence-corrected chi connectivity index (χ0v) is 19.5. The Morgan fingerprint density at radius 3 is 2.53 bits per heavy atom. The first kappa shape index (κ1) is 24.3. The molecular weight excluding hydrogens is 449 g/mol. The third kappa shape index (κ3) is 6.84. The molecular formula is C24H29Cl2N3O3. The van der Waals surface area contributed by atoms with Gasteiger partial charge in [0.15, 0.2) is 0 Å². The van der Waals surface area contributed by atoms with Crippen molar-refractivity contribution in [3.05, 3.63) is 57.2 Å². The van der Waals surface area contributed by atoms with Crippen LogP contribution < -0.4 is 10.6 Å². The summed E-state index contributed by atoms with van der Waals surface area (Å²) >= 11 is 12.1. The lowest BCUT2D eigenvalue weighted by Gasteiger charge is -2.17. The average molecular weight is 478 g/mol. The lowest BCUT2D eigenvalue weighted by atomic mass is 10.0. The van der Waals surface area contributed by atoms with Gasteiger partial charge in [-0.2, -0.15) is 0 Å². The number of carboxylic acid groups (broad SMARTS) is 1. The number of hydrogen-bond donors (Lipinski definition) is 3. The molecule has 0 fully saturated rings. The van der Waals surface area contributed by atoms with Crippen molar-refractivity contribution >= 4 is 40.9 Å². The third-order valence-corrected chi connectivity index (χ3v) is 6.30. The Labute approximate surface area is 198 Å². The van der Waals surface area contributed by atoms with Gasteiger partial charge in [0.2, 0.25) is 0 Å². The minimum Gasteiger partial charge on any atom is -0.480 e. The normalized spacial score (nSPS) is 13.7. The summed E-state index contributed by atoms with van der Waals surface area (Å²) in [5.41, 5.74) is 2.52. The van der Waals surface area contributed by atoms with Gasteiger partial charge in [-0.15, -0.1) is 0 Å². The second-order valence-electron chi connectivity index (χ2n) is 8.11. The van der Waals surface area contributed by atoms with Gasteiger partial charge in [0, 0.05) is 12.2 Å². The van der Waals surface area contributed by atoms with E-state index in [9.17, 15) is 14.7 Å². The summed E-state index contributed by atoms with van der Waals surface area (Å²) in [4.78, 5) is 28.7. The molecule has 1 amide bonds. The SMILES string of the molecule is O=C(NC(CCCCCCCc1ccc2c(n1)NCCC2)C(=O)O)c1c(Cl)cccc1Cl. The van der Waals surface area contributed by atoms with Crippen LogP contribution in [0.4, 0.5) is 5.82 Å². The third-order valence-electron chi connectivity index (χ3n) is 5.67. The summed E-state index contributed by atoms with van der Waals surface area (Å²) in [5, 5.41) is 15.8. The van der Waals surface area contributed by atoms with Crippen LogP contribution in [0.15, 0.2) is 30.3 Å². The van der Waals surface area contributed by atoms with E-state index in [4.69, 9.17) is 28.2 Å². The predicted octanol–water partition coefficient (Wildman–Crippen LogP) is 5.51. The number of fused-ring (bicyclic) bond motifs is 1. The number of carbonyl (C=O) groups excluding carboxylic acids is 1. The number of amides is 1. The molecule has 2 aromatic rings. The molecule has 1 unspecified atom stereocenters. The van der Waals surface area contributed by atoms with E-state index in [0.29, 0.717) is 12.8 Å². The number of halogens is 2. The number of aryl methyl sites for hydroxylation is 2. The minimum absolute atomic E-state index is 0.105. The molecule has 1 atom stereocenters. The fourth-order valence-electron chi connectivity index (χ4n) is 3.90. The van der Waals surface area contributed by atoms with Crippen molar-refractivity contribution < 1.29 is 14.7 Å². The fraction of sp³-hybridized carbons (Fsp3) is 0.458. The van der Waals surface area contributed by atoms with Crippen LogP contribution in [0.5, 0.6) is 0 Å². The second-order valence-corrected chi connectivity index (χ2v) is 8.92. The van der Waals surface area contributed by atoms with Crippen molar-refractivity contribution in [1.29, 1.82) is 0 Å². The van der Waals surface area contributed by atoms with Crippen LogP contribution in [-0.2, 0) is 17.6 Å². The highest BCUT2D eigenvalue weighted by atomic mass is 35.5. The van der Waals surface area contributed by atoms with Crippen molar-refractivity contribution in [2.75, 3.05) is 11.9 Å². The zero-order chi connectivity index (χ0) is 22.9. The van der Waals surface area contributed by atoms with Crippen molar-refractivity contribution in [2.24, 2.45) is 0 Å². The number of aromatic nitrogens is 1. The number of benzene rings is 1. The maximum Gasteiger partial charge on any atom is 0.326 e. The van der Waals surface area contributed by atoms with E-state index >= 15 is 0 Å². The first-order valence-electron chi connectivity index (χ1n) is 11.2. The number of pyridine rings is 1. The number of rotatable bonds is 11. The van der Waals surface area contributed by atoms with Crippen LogP contribution in [-0.4, -0.2) is 34.6 Å². The van der Waals surface area contributed by atoms with Gasteiger partial charge >= 0.3 is 5.97 Å². The Bertz CT molecular complexity index is 932. The van der Waals surface area contributed by atoms with Gasteiger partial charge in [0.05, 0.1) is 15.6 Å². The predicted molar refractivity (Wildman–Crippen MR) is 128 cm³/mol. The monoisotopic (exact) mass is 477 g/mol. The summed E-state index contributed by atoms with van der Waals surface area (Å²) in [5.74, 6) is -0.595. The smallest absolute Gasteiger partial charge is 0.326 e.